The Kier molecular flexibility index (Phi) is 7.50. The molecule has 0 spiro atoms. The molecule has 152 valence electrons. The van der Waals surface area contributed by atoms with E-state index in [0.29, 0.717) is 28.9 Å². The van der Waals surface area contributed by atoms with Crippen LogP contribution in [-0.2, 0) is 14.3 Å². The highest BCUT2D eigenvalue weighted by molar-refractivity contribution is 7.99. The predicted molar refractivity (Wildman–Crippen MR) is 105 cm³/mol. The molecule has 0 radical (unpaired) electrons. The molecule has 10 nitrogen and oxygen atoms in total. The summed E-state index contributed by atoms with van der Waals surface area (Å²) in [6.07, 6.45) is 0. The fraction of sp³-hybridized carbons (Fsp3) is 0.412. The molecule has 0 aliphatic carbocycles. The van der Waals surface area contributed by atoms with E-state index in [1.165, 1.54) is 18.8 Å². The highest BCUT2D eigenvalue weighted by atomic mass is 32.2. The lowest BCUT2D eigenvalue weighted by atomic mass is 10.2. The molecule has 1 aromatic carbocycles. The highest BCUT2D eigenvalue weighted by Crippen LogP contribution is 2.30. The van der Waals surface area contributed by atoms with Gasteiger partial charge < -0.3 is 25.3 Å². The first-order valence-electron chi connectivity index (χ1n) is 8.42. The minimum atomic E-state index is -0.715. The number of nitrogen functional groups attached to an aromatic ring is 1. The topological polar surface area (TPSA) is 131 Å². The zero-order chi connectivity index (χ0) is 20.7. The van der Waals surface area contributed by atoms with Crippen LogP contribution in [0.4, 0.5) is 11.6 Å². The molecule has 2 aromatic rings. The normalized spacial score (nSPS) is 11.6. The van der Waals surface area contributed by atoms with Crippen molar-refractivity contribution in [1.82, 2.24) is 14.8 Å². The van der Waals surface area contributed by atoms with Gasteiger partial charge in [0.05, 0.1) is 26.6 Å². The number of benzene rings is 1. The molecule has 11 heteroatoms. The van der Waals surface area contributed by atoms with E-state index in [4.69, 9.17) is 19.9 Å². The molecule has 0 fully saturated rings. The molecule has 0 aliphatic rings. The average Bonchev–Trinajstić information content (AvgIpc) is 3.06. The zero-order valence-electron chi connectivity index (χ0n) is 16.1. The number of nitrogens with one attached hydrogen (secondary N) is 1. The summed E-state index contributed by atoms with van der Waals surface area (Å²) in [5.74, 6) is 0.425. The quantitative estimate of drug-likeness (QED) is 0.469. The maximum Gasteiger partial charge on any atom is 0.316 e. The molecule has 1 amide bonds. The third kappa shape index (κ3) is 5.06. The van der Waals surface area contributed by atoms with Crippen LogP contribution in [0.25, 0.3) is 0 Å². The van der Waals surface area contributed by atoms with E-state index in [2.05, 4.69) is 15.5 Å². The van der Waals surface area contributed by atoms with Crippen molar-refractivity contribution in [3.8, 4) is 11.5 Å². The van der Waals surface area contributed by atoms with Crippen LogP contribution in [0.15, 0.2) is 23.4 Å². The number of aromatic nitrogens is 3. The molecule has 1 aromatic heterocycles. The highest BCUT2D eigenvalue weighted by Gasteiger charge is 2.23. The van der Waals surface area contributed by atoms with Gasteiger partial charge in [-0.3, -0.25) is 14.2 Å². The first kappa shape index (κ1) is 21.4. The summed E-state index contributed by atoms with van der Waals surface area (Å²) in [4.78, 5) is 24.3. The lowest BCUT2D eigenvalue weighted by Crippen LogP contribution is -2.25. The second kappa shape index (κ2) is 9.83. The van der Waals surface area contributed by atoms with Gasteiger partial charge in [0.1, 0.15) is 6.04 Å². The Hall–Kier alpha value is -2.95. The average molecular weight is 409 g/mol. The molecule has 0 saturated heterocycles. The molecule has 1 atom stereocenters. The van der Waals surface area contributed by atoms with Crippen LogP contribution in [0.2, 0.25) is 0 Å². The summed E-state index contributed by atoms with van der Waals surface area (Å²) in [5.41, 5.74) is 6.39. The smallest absolute Gasteiger partial charge is 0.316 e. The Balaban J connectivity index is 2.13. The SMILES string of the molecule is CCOC(=O)CSc1nnc(N)n1C(C)C(=O)Nc1ccc(OC)c(OC)c1. The Bertz CT molecular complexity index is 841. The number of methoxy groups -OCH3 is 2. The standard InChI is InChI=1S/C17H23N5O5S/c1-5-27-14(23)9-28-17-21-20-16(18)22(17)10(2)15(24)19-11-6-7-12(25-3)13(8-11)26-4/h6-8,10H,5,9H2,1-4H3,(H2,18,20)(H,19,24). The first-order chi connectivity index (χ1) is 13.4. The number of hydrogen-bond acceptors (Lipinski definition) is 9. The van der Waals surface area contributed by atoms with Gasteiger partial charge in [0.25, 0.3) is 0 Å². The van der Waals surface area contributed by atoms with Crippen LogP contribution in [0.1, 0.15) is 19.9 Å². The van der Waals surface area contributed by atoms with E-state index in [-0.39, 0.29) is 23.6 Å². The molecule has 0 saturated carbocycles. The number of nitrogens with zero attached hydrogens (tertiary/aromatic N) is 3. The largest absolute Gasteiger partial charge is 0.493 e. The van der Waals surface area contributed by atoms with Crippen molar-refractivity contribution in [3.63, 3.8) is 0 Å². The van der Waals surface area contributed by atoms with Gasteiger partial charge in [0.2, 0.25) is 11.9 Å². The zero-order valence-corrected chi connectivity index (χ0v) is 16.9. The second-order valence-electron chi connectivity index (χ2n) is 5.54. The fourth-order valence-corrected chi connectivity index (χ4v) is 3.17. The molecule has 0 bridgehead atoms. The lowest BCUT2D eigenvalue weighted by molar-refractivity contribution is -0.139. The molecule has 2 rings (SSSR count). The number of hydrogen-bond donors (Lipinski definition) is 2. The van der Waals surface area contributed by atoms with Crippen molar-refractivity contribution in [2.45, 2.75) is 25.0 Å². The van der Waals surface area contributed by atoms with E-state index in [0.717, 1.165) is 11.8 Å². The number of nitrogens with two attached hydrogens (primary N) is 1. The second-order valence-corrected chi connectivity index (χ2v) is 6.48. The first-order valence-corrected chi connectivity index (χ1v) is 9.41. The third-order valence-corrected chi connectivity index (χ3v) is 4.65. The van der Waals surface area contributed by atoms with Crippen molar-refractivity contribution < 1.29 is 23.8 Å². The lowest BCUT2D eigenvalue weighted by Gasteiger charge is -2.17. The van der Waals surface area contributed by atoms with Gasteiger partial charge in [0, 0.05) is 11.8 Å². The van der Waals surface area contributed by atoms with Crippen LogP contribution in [-0.4, -0.2) is 53.2 Å². The van der Waals surface area contributed by atoms with Crippen molar-refractivity contribution in [1.29, 1.82) is 0 Å². The van der Waals surface area contributed by atoms with Crippen LogP contribution < -0.4 is 20.5 Å². The van der Waals surface area contributed by atoms with Crippen LogP contribution >= 0.6 is 11.8 Å². The summed E-state index contributed by atoms with van der Waals surface area (Å²) in [6, 6.07) is 4.31. The number of thioether (sulfide) groups is 1. The Morgan fingerprint density at radius 2 is 1.96 bits per heavy atom. The molecular formula is C17H23N5O5S. The number of carbonyl (C=O) groups is 2. The predicted octanol–water partition coefficient (Wildman–Crippen LogP) is 1.73. The van der Waals surface area contributed by atoms with Crippen LogP contribution in [0, 0.1) is 0 Å². The number of anilines is 2. The van der Waals surface area contributed by atoms with Crippen LogP contribution in [0.5, 0.6) is 11.5 Å². The van der Waals surface area contributed by atoms with Gasteiger partial charge in [-0.15, -0.1) is 10.2 Å². The Morgan fingerprint density at radius 3 is 2.61 bits per heavy atom. The fourth-order valence-electron chi connectivity index (χ4n) is 2.35. The number of amides is 1. The summed E-state index contributed by atoms with van der Waals surface area (Å²) < 4.78 is 16.8. The van der Waals surface area contributed by atoms with Gasteiger partial charge >= 0.3 is 5.97 Å². The van der Waals surface area contributed by atoms with Gasteiger partial charge in [-0.2, -0.15) is 0 Å². The summed E-state index contributed by atoms with van der Waals surface area (Å²) >= 11 is 1.10. The van der Waals surface area contributed by atoms with E-state index in [1.54, 1.807) is 32.0 Å². The minimum Gasteiger partial charge on any atom is -0.493 e. The van der Waals surface area contributed by atoms with Crippen molar-refractivity contribution in [2.24, 2.45) is 0 Å². The van der Waals surface area contributed by atoms with E-state index >= 15 is 0 Å². The summed E-state index contributed by atoms with van der Waals surface area (Å²) in [7, 11) is 3.04. The van der Waals surface area contributed by atoms with Gasteiger partial charge in [-0.25, -0.2) is 0 Å². The summed E-state index contributed by atoms with van der Waals surface area (Å²) in [5, 5.41) is 10.9. The van der Waals surface area contributed by atoms with Gasteiger partial charge in [0.15, 0.2) is 16.7 Å². The van der Waals surface area contributed by atoms with Crippen LogP contribution in [0.3, 0.4) is 0 Å². The Labute approximate surface area is 166 Å². The molecule has 1 unspecified atom stereocenters. The molecule has 0 aliphatic heterocycles. The summed E-state index contributed by atoms with van der Waals surface area (Å²) in [6.45, 7) is 3.67. The number of esters is 1. The van der Waals surface area contributed by atoms with Crippen molar-refractivity contribution in [3.05, 3.63) is 18.2 Å². The van der Waals surface area contributed by atoms with Gasteiger partial charge in [-0.05, 0) is 26.0 Å². The number of rotatable bonds is 9. The third-order valence-electron chi connectivity index (χ3n) is 3.73. The van der Waals surface area contributed by atoms with E-state index in [1.807, 2.05) is 0 Å². The molecule has 1 heterocycles. The maximum absolute atomic E-state index is 12.7. The van der Waals surface area contributed by atoms with E-state index < -0.39 is 6.04 Å². The van der Waals surface area contributed by atoms with Gasteiger partial charge in [-0.1, -0.05) is 11.8 Å². The number of ether oxygens (including phenoxy) is 3. The molecule has 28 heavy (non-hydrogen) atoms. The van der Waals surface area contributed by atoms with E-state index in [9.17, 15) is 9.59 Å². The maximum atomic E-state index is 12.7. The van der Waals surface area contributed by atoms with Crippen molar-refractivity contribution >= 4 is 35.3 Å². The van der Waals surface area contributed by atoms with Crippen molar-refractivity contribution in [2.75, 3.05) is 37.6 Å². The Morgan fingerprint density at radius 1 is 1.25 bits per heavy atom. The monoisotopic (exact) mass is 409 g/mol. The molecular weight excluding hydrogens is 386 g/mol. The number of carbonyl (C=O) groups excluding carboxylic acids is 2. The molecule has 3 N–H and O–H groups in total. The minimum absolute atomic E-state index is 0.0377.